The minimum atomic E-state index is 0.343. The lowest BCUT2D eigenvalue weighted by molar-refractivity contribution is 0.268. The van der Waals surface area contributed by atoms with E-state index < -0.39 is 0 Å². The van der Waals surface area contributed by atoms with Crippen molar-refractivity contribution in [3.05, 3.63) is 34.9 Å². The number of nitrogens with one attached hydrogen (secondary N) is 1. The summed E-state index contributed by atoms with van der Waals surface area (Å²) in [5.41, 5.74) is 1.21. The van der Waals surface area contributed by atoms with Crippen molar-refractivity contribution in [1.82, 2.24) is 5.32 Å². The first-order valence-electron chi connectivity index (χ1n) is 7.14. The molecule has 0 radical (unpaired) electrons. The molecule has 0 aliphatic heterocycles. The van der Waals surface area contributed by atoms with Gasteiger partial charge in [-0.15, -0.1) is 0 Å². The van der Waals surface area contributed by atoms with E-state index in [2.05, 4.69) is 31.3 Å². The van der Waals surface area contributed by atoms with Crippen molar-refractivity contribution < 1.29 is 0 Å². The van der Waals surface area contributed by atoms with E-state index in [1.165, 1.54) is 31.2 Å². The maximum absolute atomic E-state index is 6.22. The zero-order valence-corrected chi connectivity index (χ0v) is 12.2. The van der Waals surface area contributed by atoms with Crippen LogP contribution < -0.4 is 5.32 Å². The van der Waals surface area contributed by atoms with Crippen LogP contribution in [0.1, 0.15) is 51.1 Å². The molecule has 1 nitrogen and oxygen atoms in total. The van der Waals surface area contributed by atoms with E-state index in [9.17, 15) is 0 Å². The molecule has 1 fully saturated rings. The molecule has 2 unspecified atom stereocenters. The molecule has 0 aromatic heterocycles. The third-order valence-electron chi connectivity index (χ3n) is 4.13. The fourth-order valence-corrected chi connectivity index (χ4v) is 3.32. The van der Waals surface area contributed by atoms with Crippen LogP contribution >= 0.6 is 11.6 Å². The van der Waals surface area contributed by atoms with E-state index in [-0.39, 0.29) is 0 Å². The van der Waals surface area contributed by atoms with Crippen molar-refractivity contribution in [2.45, 2.75) is 45.6 Å². The topological polar surface area (TPSA) is 12.0 Å². The summed E-state index contributed by atoms with van der Waals surface area (Å²) in [4.78, 5) is 0. The number of benzene rings is 1. The van der Waals surface area contributed by atoms with E-state index in [1.54, 1.807) is 0 Å². The van der Waals surface area contributed by atoms with Crippen molar-refractivity contribution in [1.29, 1.82) is 0 Å². The number of halogens is 1. The van der Waals surface area contributed by atoms with Gasteiger partial charge >= 0.3 is 0 Å². The van der Waals surface area contributed by atoms with Crippen molar-refractivity contribution in [2.75, 3.05) is 6.54 Å². The fraction of sp³-hybridized carbons (Fsp3) is 0.625. The van der Waals surface area contributed by atoms with Gasteiger partial charge in [0.05, 0.1) is 0 Å². The normalized spacial score (nSPS) is 25.9. The van der Waals surface area contributed by atoms with Crippen LogP contribution in [0.25, 0.3) is 0 Å². The zero-order valence-electron chi connectivity index (χ0n) is 11.5. The second kappa shape index (κ2) is 6.58. The van der Waals surface area contributed by atoms with Gasteiger partial charge in [-0.25, -0.2) is 0 Å². The summed E-state index contributed by atoms with van der Waals surface area (Å²) in [6.07, 6.45) is 5.57. The predicted octanol–water partition coefficient (Wildman–Crippen LogP) is 4.82. The monoisotopic (exact) mass is 265 g/mol. The Labute approximate surface area is 116 Å². The second-order valence-corrected chi connectivity index (χ2v) is 6.20. The Hall–Kier alpha value is -0.530. The molecular weight excluding hydrogens is 242 g/mol. The molecule has 1 aromatic rings. The quantitative estimate of drug-likeness (QED) is 0.823. The lowest BCUT2D eigenvalue weighted by atomic mass is 9.82. The Bertz CT molecular complexity index is 377. The SMILES string of the molecule is CC1CCCC(CN[C@@H](C)c2ccccc2Cl)C1. The van der Waals surface area contributed by atoms with Crippen LogP contribution in [0.3, 0.4) is 0 Å². The van der Waals surface area contributed by atoms with Gasteiger partial charge in [0.15, 0.2) is 0 Å². The van der Waals surface area contributed by atoms with Gasteiger partial charge < -0.3 is 5.32 Å². The summed E-state index contributed by atoms with van der Waals surface area (Å²) in [5.74, 6) is 1.75. The summed E-state index contributed by atoms with van der Waals surface area (Å²) < 4.78 is 0. The van der Waals surface area contributed by atoms with Crippen molar-refractivity contribution in [3.8, 4) is 0 Å². The Morgan fingerprint density at radius 3 is 2.83 bits per heavy atom. The van der Waals surface area contributed by atoms with Gasteiger partial charge in [0.2, 0.25) is 0 Å². The van der Waals surface area contributed by atoms with Gasteiger partial charge in [0.1, 0.15) is 0 Å². The molecule has 1 saturated carbocycles. The Kier molecular flexibility index (Phi) is 5.08. The van der Waals surface area contributed by atoms with Gasteiger partial charge in [-0.2, -0.15) is 0 Å². The van der Waals surface area contributed by atoms with Gasteiger partial charge in [-0.1, -0.05) is 49.6 Å². The average molecular weight is 266 g/mol. The summed E-state index contributed by atoms with van der Waals surface area (Å²) >= 11 is 6.22. The molecule has 1 aliphatic carbocycles. The molecule has 0 spiro atoms. The van der Waals surface area contributed by atoms with Crippen molar-refractivity contribution in [3.63, 3.8) is 0 Å². The fourth-order valence-electron chi connectivity index (χ4n) is 3.02. The van der Waals surface area contributed by atoms with Gasteiger partial charge in [-0.3, -0.25) is 0 Å². The van der Waals surface area contributed by atoms with E-state index in [0.29, 0.717) is 6.04 Å². The average Bonchev–Trinajstić information content (AvgIpc) is 2.37. The third kappa shape index (κ3) is 3.73. The highest BCUT2D eigenvalue weighted by Gasteiger charge is 2.19. The maximum Gasteiger partial charge on any atom is 0.0453 e. The minimum absolute atomic E-state index is 0.343. The molecule has 1 aliphatic rings. The molecule has 0 saturated heterocycles. The molecule has 2 rings (SSSR count). The largest absolute Gasteiger partial charge is 0.310 e. The molecule has 2 heteroatoms. The van der Waals surface area contributed by atoms with Crippen molar-refractivity contribution in [2.24, 2.45) is 11.8 Å². The number of hydrogen-bond acceptors (Lipinski definition) is 1. The van der Waals surface area contributed by atoms with Crippen LogP contribution in [0.15, 0.2) is 24.3 Å². The van der Waals surface area contributed by atoms with Gasteiger partial charge in [0, 0.05) is 11.1 Å². The summed E-state index contributed by atoms with van der Waals surface area (Å²) in [6, 6.07) is 8.47. The van der Waals surface area contributed by atoms with E-state index in [1.807, 2.05) is 12.1 Å². The van der Waals surface area contributed by atoms with Crippen LogP contribution in [-0.2, 0) is 0 Å². The van der Waals surface area contributed by atoms with E-state index in [4.69, 9.17) is 11.6 Å². The Balaban J connectivity index is 1.84. The Morgan fingerprint density at radius 2 is 2.11 bits per heavy atom. The number of rotatable bonds is 4. The van der Waals surface area contributed by atoms with Gasteiger partial charge in [0.25, 0.3) is 0 Å². The third-order valence-corrected chi connectivity index (χ3v) is 4.47. The predicted molar refractivity (Wildman–Crippen MR) is 79.0 cm³/mol. The first kappa shape index (κ1) is 13.9. The second-order valence-electron chi connectivity index (χ2n) is 5.79. The smallest absolute Gasteiger partial charge is 0.0453 e. The summed E-state index contributed by atoms with van der Waals surface area (Å²) in [6.45, 7) is 5.70. The highest BCUT2D eigenvalue weighted by Crippen LogP contribution is 2.29. The molecule has 3 atom stereocenters. The maximum atomic E-state index is 6.22. The minimum Gasteiger partial charge on any atom is -0.310 e. The standard InChI is InChI=1S/C16H24ClN/c1-12-6-5-7-14(10-12)11-18-13(2)15-8-3-4-9-16(15)17/h3-4,8-9,12-14,18H,5-7,10-11H2,1-2H3/t12?,13-,14?/m0/s1. The molecule has 1 N–H and O–H groups in total. The molecule has 1 aromatic carbocycles. The summed E-state index contributed by atoms with van der Waals surface area (Å²) in [7, 11) is 0. The molecular formula is C16H24ClN. The van der Waals surface area contributed by atoms with E-state index in [0.717, 1.165) is 23.4 Å². The lowest BCUT2D eigenvalue weighted by Crippen LogP contribution is -2.28. The molecule has 0 bridgehead atoms. The Morgan fingerprint density at radius 1 is 1.33 bits per heavy atom. The molecule has 18 heavy (non-hydrogen) atoms. The first-order chi connectivity index (χ1) is 8.66. The highest BCUT2D eigenvalue weighted by molar-refractivity contribution is 6.31. The van der Waals surface area contributed by atoms with Crippen LogP contribution in [0.4, 0.5) is 0 Å². The van der Waals surface area contributed by atoms with Crippen LogP contribution in [0.2, 0.25) is 5.02 Å². The summed E-state index contributed by atoms with van der Waals surface area (Å²) in [5, 5.41) is 4.52. The molecule has 0 amide bonds. The lowest BCUT2D eigenvalue weighted by Gasteiger charge is -2.28. The zero-order chi connectivity index (χ0) is 13.0. The first-order valence-corrected chi connectivity index (χ1v) is 7.52. The van der Waals surface area contributed by atoms with E-state index >= 15 is 0 Å². The van der Waals surface area contributed by atoms with Crippen molar-refractivity contribution >= 4 is 11.6 Å². The van der Waals surface area contributed by atoms with Gasteiger partial charge in [-0.05, 0) is 49.8 Å². The van der Waals surface area contributed by atoms with Crippen LogP contribution in [0, 0.1) is 11.8 Å². The highest BCUT2D eigenvalue weighted by atomic mass is 35.5. The molecule has 100 valence electrons. The number of hydrogen-bond donors (Lipinski definition) is 1. The van der Waals surface area contributed by atoms with Crippen LogP contribution in [0.5, 0.6) is 0 Å². The molecule has 0 heterocycles. The van der Waals surface area contributed by atoms with Crippen LogP contribution in [-0.4, -0.2) is 6.54 Å².